The van der Waals surface area contributed by atoms with Gasteiger partial charge in [-0.2, -0.15) is 13.2 Å². The lowest BCUT2D eigenvalue weighted by atomic mass is 9.99. The molecule has 0 radical (unpaired) electrons. The van der Waals surface area contributed by atoms with Crippen LogP contribution in [-0.4, -0.2) is 0 Å². The van der Waals surface area contributed by atoms with E-state index in [0.29, 0.717) is 22.7 Å². The second-order valence-corrected chi connectivity index (χ2v) is 7.97. The molecule has 0 unspecified atom stereocenters. The van der Waals surface area contributed by atoms with Crippen molar-refractivity contribution < 1.29 is 13.2 Å². The topological polar surface area (TPSA) is 12.0 Å². The highest BCUT2D eigenvalue weighted by molar-refractivity contribution is 6.33. The Morgan fingerprint density at radius 1 is 0.871 bits per heavy atom. The number of hydrogen-bond donors (Lipinski definition) is 1. The summed E-state index contributed by atoms with van der Waals surface area (Å²) in [6.07, 6.45) is -4.36. The van der Waals surface area contributed by atoms with Crippen molar-refractivity contribution >= 4 is 22.4 Å². The Labute approximate surface area is 184 Å². The van der Waals surface area contributed by atoms with Crippen LogP contribution in [0.1, 0.15) is 29.7 Å². The zero-order valence-corrected chi connectivity index (χ0v) is 17.6. The van der Waals surface area contributed by atoms with Gasteiger partial charge in [0.1, 0.15) is 0 Å². The third kappa shape index (κ3) is 4.76. The van der Waals surface area contributed by atoms with Crippen LogP contribution in [0.5, 0.6) is 0 Å². The highest BCUT2D eigenvalue weighted by atomic mass is 35.5. The lowest BCUT2D eigenvalue weighted by Crippen LogP contribution is -2.18. The summed E-state index contributed by atoms with van der Waals surface area (Å²) in [5.74, 6) is 0. The predicted molar refractivity (Wildman–Crippen MR) is 121 cm³/mol. The summed E-state index contributed by atoms with van der Waals surface area (Å²) in [5, 5.41) is 6.46. The van der Waals surface area contributed by atoms with E-state index in [2.05, 4.69) is 42.6 Å². The van der Waals surface area contributed by atoms with Crippen LogP contribution in [0.15, 0.2) is 84.9 Å². The van der Waals surface area contributed by atoms with Crippen LogP contribution in [-0.2, 0) is 12.7 Å². The fraction of sp³-hybridized carbons (Fsp3) is 0.154. The van der Waals surface area contributed by atoms with Gasteiger partial charge in [-0.25, -0.2) is 0 Å². The molecule has 1 N–H and O–H groups in total. The van der Waals surface area contributed by atoms with Crippen LogP contribution in [0.3, 0.4) is 0 Å². The lowest BCUT2D eigenvalue weighted by Gasteiger charge is -2.17. The minimum absolute atomic E-state index is 0.122. The predicted octanol–water partition coefficient (Wildman–Crippen LogP) is 8.03. The minimum atomic E-state index is -4.36. The maximum atomic E-state index is 12.8. The third-order valence-corrected chi connectivity index (χ3v) is 5.79. The van der Waals surface area contributed by atoms with Crippen molar-refractivity contribution in [1.82, 2.24) is 5.32 Å². The Hall–Kier alpha value is -2.82. The lowest BCUT2D eigenvalue weighted by molar-refractivity contribution is -0.137. The van der Waals surface area contributed by atoms with Gasteiger partial charge >= 0.3 is 6.18 Å². The third-order valence-electron chi connectivity index (χ3n) is 5.46. The van der Waals surface area contributed by atoms with Gasteiger partial charge in [0.2, 0.25) is 0 Å². The molecule has 0 saturated heterocycles. The Balaban J connectivity index is 1.53. The van der Waals surface area contributed by atoms with Crippen LogP contribution in [0.2, 0.25) is 5.02 Å². The Bertz CT molecular complexity index is 1190. The average Bonchev–Trinajstić information content (AvgIpc) is 2.77. The Kier molecular flexibility index (Phi) is 6.03. The molecule has 0 bridgehead atoms. The molecule has 0 heterocycles. The molecule has 5 heteroatoms. The SMILES string of the molecule is C[C@@H](NCc1ccc(Cl)c(-c2ccc(C(F)(F)F)cc2)c1)c1cccc2ccccc12. The van der Waals surface area contributed by atoms with Crippen molar-refractivity contribution in [3.63, 3.8) is 0 Å². The van der Waals surface area contributed by atoms with Crippen LogP contribution in [0, 0.1) is 0 Å². The molecule has 0 aliphatic carbocycles. The highest BCUT2D eigenvalue weighted by Crippen LogP contribution is 2.33. The standard InChI is InChI=1S/C26H21ClF3N/c1-17(22-8-4-6-19-5-2-3-7-23(19)22)31-16-18-9-14-25(27)24(15-18)20-10-12-21(13-11-20)26(28,29)30/h2-15,17,31H,16H2,1H3/t17-/m1/s1. The van der Waals surface area contributed by atoms with Crippen molar-refractivity contribution in [2.45, 2.75) is 25.7 Å². The van der Waals surface area contributed by atoms with E-state index in [1.165, 1.54) is 28.5 Å². The monoisotopic (exact) mass is 439 g/mol. The van der Waals surface area contributed by atoms with Gasteiger partial charge in [-0.1, -0.05) is 72.3 Å². The first-order valence-corrected chi connectivity index (χ1v) is 10.4. The molecule has 0 aliphatic heterocycles. The van der Waals surface area contributed by atoms with Crippen molar-refractivity contribution in [3.8, 4) is 11.1 Å². The molecule has 0 amide bonds. The van der Waals surface area contributed by atoms with Crippen molar-refractivity contribution in [3.05, 3.63) is 107 Å². The number of hydrogen-bond acceptors (Lipinski definition) is 1. The number of nitrogens with one attached hydrogen (secondary N) is 1. The van der Waals surface area contributed by atoms with Gasteiger partial charge in [0.15, 0.2) is 0 Å². The summed E-state index contributed by atoms with van der Waals surface area (Å²) in [5.41, 5.74) is 2.92. The molecule has 0 aliphatic rings. The molecule has 0 saturated carbocycles. The molecule has 0 spiro atoms. The van der Waals surface area contributed by atoms with E-state index in [1.54, 1.807) is 6.07 Å². The second kappa shape index (κ2) is 8.74. The van der Waals surface area contributed by atoms with E-state index in [-0.39, 0.29) is 6.04 Å². The van der Waals surface area contributed by atoms with E-state index < -0.39 is 11.7 Å². The molecule has 4 aromatic carbocycles. The largest absolute Gasteiger partial charge is 0.416 e. The van der Waals surface area contributed by atoms with Gasteiger partial charge in [-0.15, -0.1) is 0 Å². The van der Waals surface area contributed by atoms with Gasteiger partial charge in [0.25, 0.3) is 0 Å². The van der Waals surface area contributed by atoms with E-state index in [9.17, 15) is 13.2 Å². The van der Waals surface area contributed by atoms with Crippen LogP contribution < -0.4 is 5.32 Å². The van der Waals surface area contributed by atoms with Gasteiger partial charge < -0.3 is 5.32 Å². The number of fused-ring (bicyclic) bond motifs is 1. The van der Waals surface area contributed by atoms with E-state index in [4.69, 9.17) is 11.6 Å². The fourth-order valence-corrected chi connectivity index (χ4v) is 3.98. The molecule has 31 heavy (non-hydrogen) atoms. The van der Waals surface area contributed by atoms with Gasteiger partial charge in [0.05, 0.1) is 5.56 Å². The van der Waals surface area contributed by atoms with Crippen molar-refractivity contribution in [1.29, 1.82) is 0 Å². The minimum Gasteiger partial charge on any atom is -0.306 e. The molecule has 0 fully saturated rings. The van der Waals surface area contributed by atoms with E-state index in [0.717, 1.165) is 17.7 Å². The van der Waals surface area contributed by atoms with Gasteiger partial charge in [0, 0.05) is 23.2 Å². The maximum Gasteiger partial charge on any atom is 0.416 e. The number of halogens is 4. The normalized spacial score (nSPS) is 12.8. The molecule has 4 rings (SSSR count). The van der Waals surface area contributed by atoms with Gasteiger partial charge in [-0.3, -0.25) is 0 Å². The number of alkyl halides is 3. The summed E-state index contributed by atoms with van der Waals surface area (Å²) < 4.78 is 38.5. The number of rotatable bonds is 5. The first-order chi connectivity index (χ1) is 14.8. The second-order valence-electron chi connectivity index (χ2n) is 7.56. The molecule has 1 nitrogen and oxygen atoms in total. The molecule has 4 aromatic rings. The summed E-state index contributed by atoms with van der Waals surface area (Å²) in [7, 11) is 0. The summed E-state index contributed by atoms with van der Waals surface area (Å²) in [6.45, 7) is 2.73. The quantitative estimate of drug-likeness (QED) is 0.332. The van der Waals surface area contributed by atoms with Gasteiger partial charge in [-0.05, 0) is 58.7 Å². The first kappa shape index (κ1) is 21.4. The summed E-state index contributed by atoms with van der Waals surface area (Å²) in [4.78, 5) is 0. The van der Waals surface area contributed by atoms with Crippen LogP contribution >= 0.6 is 11.6 Å². The highest BCUT2D eigenvalue weighted by Gasteiger charge is 2.30. The van der Waals surface area contributed by atoms with Crippen molar-refractivity contribution in [2.75, 3.05) is 0 Å². The fourth-order valence-electron chi connectivity index (χ4n) is 3.75. The average molecular weight is 440 g/mol. The molecule has 1 atom stereocenters. The van der Waals surface area contributed by atoms with E-state index >= 15 is 0 Å². The molecule has 158 valence electrons. The zero-order chi connectivity index (χ0) is 22.0. The summed E-state index contributed by atoms with van der Waals surface area (Å²) >= 11 is 6.34. The molecule has 0 aromatic heterocycles. The van der Waals surface area contributed by atoms with E-state index in [1.807, 2.05) is 24.3 Å². The molecular formula is C26H21ClF3N. The van der Waals surface area contributed by atoms with Crippen LogP contribution in [0.4, 0.5) is 13.2 Å². The maximum absolute atomic E-state index is 12.8. The smallest absolute Gasteiger partial charge is 0.306 e. The Morgan fingerprint density at radius 3 is 2.32 bits per heavy atom. The van der Waals surface area contributed by atoms with Crippen LogP contribution in [0.25, 0.3) is 21.9 Å². The number of benzene rings is 4. The first-order valence-electron chi connectivity index (χ1n) is 10.00. The van der Waals surface area contributed by atoms with Crippen molar-refractivity contribution in [2.24, 2.45) is 0 Å². The Morgan fingerprint density at radius 2 is 1.58 bits per heavy atom. The zero-order valence-electron chi connectivity index (χ0n) is 16.9. The molecular weight excluding hydrogens is 419 g/mol. The summed E-state index contributed by atoms with van der Waals surface area (Å²) in [6, 6.07) is 25.4.